The lowest BCUT2D eigenvalue weighted by atomic mass is 10.1. The largest absolute Gasteiger partial charge is 0.508 e. The summed E-state index contributed by atoms with van der Waals surface area (Å²) in [4.78, 5) is 12.6. The van der Waals surface area contributed by atoms with Crippen LogP contribution in [-0.4, -0.2) is 25.9 Å². The van der Waals surface area contributed by atoms with E-state index in [9.17, 15) is 15.0 Å². The molecule has 0 aliphatic heterocycles. The van der Waals surface area contributed by atoms with Crippen LogP contribution >= 0.6 is 0 Å². The number of nitrogens with one attached hydrogen (secondary N) is 1. The summed E-state index contributed by atoms with van der Waals surface area (Å²) >= 11 is 0. The van der Waals surface area contributed by atoms with Crippen molar-refractivity contribution in [1.29, 1.82) is 0 Å². The van der Waals surface area contributed by atoms with Crippen LogP contribution in [0, 0.1) is 0 Å². The van der Waals surface area contributed by atoms with Crippen LogP contribution in [0.25, 0.3) is 16.9 Å². The number of amides is 1. The van der Waals surface area contributed by atoms with E-state index >= 15 is 0 Å². The van der Waals surface area contributed by atoms with Gasteiger partial charge in [-0.3, -0.25) is 4.79 Å². The molecule has 0 radical (unpaired) electrons. The van der Waals surface area contributed by atoms with Crippen LogP contribution < -0.4 is 5.32 Å². The first-order valence-electron chi connectivity index (χ1n) is 8.65. The first kappa shape index (κ1) is 17.4. The van der Waals surface area contributed by atoms with E-state index in [4.69, 9.17) is 0 Å². The summed E-state index contributed by atoms with van der Waals surface area (Å²) in [7, 11) is 0. The molecule has 6 heteroatoms. The molecule has 1 heterocycles. The van der Waals surface area contributed by atoms with Gasteiger partial charge in [0.25, 0.3) is 5.91 Å². The Bertz CT molecular complexity index is 1140. The van der Waals surface area contributed by atoms with Gasteiger partial charge in [-0.25, -0.2) is 4.68 Å². The smallest absolute Gasteiger partial charge is 0.255 e. The summed E-state index contributed by atoms with van der Waals surface area (Å²) in [6, 6.07) is 22.4. The van der Waals surface area contributed by atoms with Gasteiger partial charge in [0.2, 0.25) is 0 Å². The lowest BCUT2D eigenvalue weighted by Gasteiger charge is -2.14. The molecule has 0 bridgehead atoms. The SMILES string of the molecule is O=C(Nc1ccccc1-n1nccc1-c1ccc(O)cc1O)c1ccccc1. The number of nitrogens with zero attached hydrogens (tertiary/aromatic N) is 2. The first-order valence-corrected chi connectivity index (χ1v) is 8.65. The van der Waals surface area contributed by atoms with Gasteiger partial charge < -0.3 is 15.5 Å². The monoisotopic (exact) mass is 371 g/mol. The third-order valence-electron chi connectivity index (χ3n) is 4.32. The molecule has 138 valence electrons. The number of rotatable bonds is 4. The lowest BCUT2D eigenvalue weighted by molar-refractivity contribution is 0.102. The summed E-state index contributed by atoms with van der Waals surface area (Å²) in [5, 5.41) is 27.0. The standard InChI is InChI=1S/C22H17N3O3/c26-16-10-11-17(21(27)14-16)19-12-13-23-25(19)20-9-5-4-8-18(20)24-22(28)15-6-2-1-3-7-15/h1-14,26-27H,(H,24,28). The number of phenolic OH excluding ortho intramolecular Hbond substituents is 2. The minimum Gasteiger partial charge on any atom is -0.508 e. The van der Waals surface area contributed by atoms with E-state index in [0.29, 0.717) is 28.2 Å². The molecule has 0 spiro atoms. The molecule has 0 aliphatic rings. The van der Waals surface area contributed by atoms with E-state index in [0.717, 1.165) is 0 Å². The second-order valence-corrected chi connectivity index (χ2v) is 6.17. The number of para-hydroxylation sites is 2. The Hall–Kier alpha value is -4.06. The zero-order valence-corrected chi connectivity index (χ0v) is 14.8. The fourth-order valence-electron chi connectivity index (χ4n) is 2.98. The third-order valence-corrected chi connectivity index (χ3v) is 4.32. The number of carbonyl (C=O) groups is 1. The van der Waals surface area contributed by atoms with Crippen molar-refractivity contribution in [2.45, 2.75) is 0 Å². The molecule has 0 saturated carbocycles. The van der Waals surface area contributed by atoms with Gasteiger partial charge in [-0.15, -0.1) is 0 Å². The van der Waals surface area contributed by atoms with Crippen LogP contribution in [0.3, 0.4) is 0 Å². The molecular weight excluding hydrogens is 354 g/mol. The van der Waals surface area contributed by atoms with Gasteiger partial charge in [-0.05, 0) is 42.5 Å². The second-order valence-electron chi connectivity index (χ2n) is 6.17. The molecule has 28 heavy (non-hydrogen) atoms. The number of hydrogen-bond acceptors (Lipinski definition) is 4. The quantitative estimate of drug-likeness (QED) is 0.502. The molecule has 0 saturated heterocycles. The van der Waals surface area contributed by atoms with Crippen molar-refractivity contribution in [1.82, 2.24) is 9.78 Å². The number of aromatic hydroxyl groups is 2. The van der Waals surface area contributed by atoms with Crippen LogP contribution in [0.15, 0.2) is 85.1 Å². The maximum absolute atomic E-state index is 12.6. The van der Waals surface area contributed by atoms with Gasteiger partial charge in [0.1, 0.15) is 11.5 Å². The van der Waals surface area contributed by atoms with E-state index in [2.05, 4.69) is 10.4 Å². The predicted octanol–water partition coefficient (Wildman–Crippen LogP) is 4.20. The maximum atomic E-state index is 12.6. The highest BCUT2D eigenvalue weighted by Gasteiger charge is 2.15. The van der Waals surface area contributed by atoms with Crippen molar-refractivity contribution in [3.63, 3.8) is 0 Å². The number of anilines is 1. The fraction of sp³-hybridized carbons (Fsp3) is 0. The number of benzene rings is 3. The van der Waals surface area contributed by atoms with Crippen molar-refractivity contribution >= 4 is 11.6 Å². The van der Waals surface area contributed by atoms with Gasteiger partial charge in [0.05, 0.1) is 23.3 Å². The third kappa shape index (κ3) is 3.31. The van der Waals surface area contributed by atoms with Crippen LogP contribution in [0.4, 0.5) is 5.69 Å². The van der Waals surface area contributed by atoms with Crippen LogP contribution in [0.2, 0.25) is 0 Å². The average molecular weight is 371 g/mol. The van der Waals surface area contributed by atoms with Crippen LogP contribution in [0.5, 0.6) is 11.5 Å². The molecule has 1 aromatic heterocycles. The van der Waals surface area contributed by atoms with Gasteiger partial charge in [-0.2, -0.15) is 5.10 Å². The molecule has 6 nitrogen and oxygen atoms in total. The first-order chi connectivity index (χ1) is 13.6. The second kappa shape index (κ2) is 7.28. The zero-order valence-electron chi connectivity index (χ0n) is 14.8. The van der Waals surface area contributed by atoms with Crippen molar-refractivity contribution < 1.29 is 15.0 Å². The van der Waals surface area contributed by atoms with Crippen LogP contribution in [-0.2, 0) is 0 Å². The molecule has 3 aromatic carbocycles. The lowest BCUT2D eigenvalue weighted by Crippen LogP contribution is -2.14. The Morgan fingerprint density at radius 2 is 1.64 bits per heavy atom. The Balaban J connectivity index is 1.74. The topological polar surface area (TPSA) is 87.4 Å². The predicted molar refractivity (Wildman–Crippen MR) is 107 cm³/mol. The summed E-state index contributed by atoms with van der Waals surface area (Å²) < 4.78 is 1.63. The number of aromatic nitrogens is 2. The number of hydrogen-bond donors (Lipinski definition) is 3. The van der Waals surface area contributed by atoms with Gasteiger partial charge in [0.15, 0.2) is 0 Å². The Labute approximate surface area is 161 Å². The summed E-state index contributed by atoms with van der Waals surface area (Å²) in [5.74, 6) is -0.315. The average Bonchev–Trinajstić information content (AvgIpc) is 3.18. The Morgan fingerprint density at radius 1 is 0.893 bits per heavy atom. The molecule has 4 rings (SSSR count). The number of phenols is 2. The molecule has 3 N–H and O–H groups in total. The Morgan fingerprint density at radius 3 is 2.43 bits per heavy atom. The summed E-state index contributed by atoms with van der Waals surface area (Å²) in [5.41, 5.74) is 2.92. The molecule has 4 aromatic rings. The normalized spacial score (nSPS) is 10.6. The van der Waals surface area contributed by atoms with E-state index in [-0.39, 0.29) is 17.4 Å². The minimum absolute atomic E-state index is 0.0251. The molecule has 0 fully saturated rings. The van der Waals surface area contributed by atoms with E-state index in [1.807, 2.05) is 24.3 Å². The van der Waals surface area contributed by atoms with Crippen molar-refractivity contribution in [2.24, 2.45) is 0 Å². The van der Waals surface area contributed by atoms with E-state index in [1.165, 1.54) is 12.1 Å². The molecule has 1 amide bonds. The van der Waals surface area contributed by atoms with Crippen LogP contribution in [0.1, 0.15) is 10.4 Å². The highest BCUT2D eigenvalue weighted by molar-refractivity contribution is 6.05. The summed E-state index contributed by atoms with van der Waals surface area (Å²) in [6.45, 7) is 0. The summed E-state index contributed by atoms with van der Waals surface area (Å²) in [6.07, 6.45) is 1.61. The molecule has 0 unspecified atom stereocenters. The minimum atomic E-state index is -0.228. The molecule has 0 atom stereocenters. The Kier molecular flexibility index (Phi) is 4.51. The highest BCUT2D eigenvalue weighted by Crippen LogP contribution is 2.34. The van der Waals surface area contributed by atoms with Crippen molar-refractivity contribution in [2.75, 3.05) is 5.32 Å². The van der Waals surface area contributed by atoms with E-state index in [1.54, 1.807) is 53.3 Å². The maximum Gasteiger partial charge on any atom is 0.255 e. The van der Waals surface area contributed by atoms with Gasteiger partial charge in [0, 0.05) is 17.2 Å². The van der Waals surface area contributed by atoms with E-state index < -0.39 is 0 Å². The van der Waals surface area contributed by atoms with Crippen molar-refractivity contribution in [3.8, 4) is 28.4 Å². The van der Waals surface area contributed by atoms with Gasteiger partial charge in [-0.1, -0.05) is 30.3 Å². The molecular formula is C22H17N3O3. The zero-order chi connectivity index (χ0) is 19.5. The highest BCUT2D eigenvalue weighted by atomic mass is 16.3. The van der Waals surface area contributed by atoms with Crippen molar-refractivity contribution in [3.05, 3.63) is 90.6 Å². The fourth-order valence-corrected chi connectivity index (χ4v) is 2.98. The van der Waals surface area contributed by atoms with Gasteiger partial charge >= 0.3 is 0 Å². The number of carbonyl (C=O) groups excluding carboxylic acids is 1. The molecule has 0 aliphatic carbocycles.